The Morgan fingerprint density at radius 1 is 1.00 bits per heavy atom. The zero-order valence-electron chi connectivity index (χ0n) is 6.11. The molecule has 0 heterocycles. The largest absolute Gasteiger partial charge is 0.0826 e. The minimum atomic E-state index is 0.813. The summed E-state index contributed by atoms with van der Waals surface area (Å²) >= 11 is 2.48. The van der Waals surface area contributed by atoms with E-state index in [0.29, 0.717) is 0 Å². The van der Waals surface area contributed by atoms with Gasteiger partial charge in [-0.1, -0.05) is 50.3 Å². The van der Waals surface area contributed by atoms with Gasteiger partial charge in [-0.2, -0.15) is 0 Å². The lowest BCUT2D eigenvalue weighted by Crippen LogP contribution is -2.12. The molecule has 8 heavy (non-hydrogen) atoms. The minimum absolute atomic E-state index is 0.813. The van der Waals surface area contributed by atoms with Gasteiger partial charge in [0, 0.05) is 3.92 Å². The van der Waals surface area contributed by atoms with Crippen LogP contribution in [0.4, 0.5) is 0 Å². The summed E-state index contributed by atoms with van der Waals surface area (Å²) in [6, 6.07) is 0. The first-order chi connectivity index (χ1) is 3.55. The molecule has 0 N–H and O–H groups in total. The van der Waals surface area contributed by atoms with Crippen molar-refractivity contribution in [2.45, 2.75) is 31.6 Å². The summed E-state index contributed by atoms with van der Waals surface area (Å²) < 4.78 is 0.813. The van der Waals surface area contributed by atoms with Crippen molar-refractivity contribution in [2.75, 3.05) is 0 Å². The Hall–Kier alpha value is 0.730. The maximum Gasteiger partial charge on any atom is 0.0109 e. The van der Waals surface area contributed by atoms with Crippen molar-refractivity contribution in [3.8, 4) is 0 Å². The summed E-state index contributed by atoms with van der Waals surface area (Å²) in [5.74, 6) is 1.69. The van der Waals surface area contributed by atoms with E-state index in [1.165, 1.54) is 0 Å². The smallest absolute Gasteiger partial charge is 0.0109 e. The van der Waals surface area contributed by atoms with Crippen molar-refractivity contribution in [1.29, 1.82) is 0 Å². The molecule has 0 aliphatic rings. The van der Waals surface area contributed by atoms with Crippen LogP contribution in [0.3, 0.4) is 0 Å². The number of hydrogen-bond donors (Lipinski definition) is 0. The standard InChI is InChI=1S/C7H15I/c1-5(2)6(3)7(4)8/h5-7H,1-4H3/t6-,7-/m0/s1. The van der Waals surface area contributed by atoms with E-state index in [1.54, 1.807) is 0 Å². The molecule has 0 unspecified atom stereocenters. The Labute approximate surface area is 66.2 Å². The monoisotopic (exact) mass is 226 g/mol. The van der Waals surface area contributed by atoms with Gasteiger partial charge in [0.15, 0.2) is 0 Å². The number of halogens is 1. The van der Waals surface area contributed by atoms with Crippen LogP contribution >= 0.6 is 22.6 Å². The van der Waals surface area contributed by atoms with Gasteiger partial charge in [0.05, 0.1) is 0 Å². The van der Waals surface area contributed by atoms with Crippen LogP contribution in [0.25, 0.3) is 0 Å². The van der Waals surface area contributed by atoms with Crippen LogP contribution in [-0.4, -0.2) is 3.92 Å². The molecule has 0 aromatic heterocycles. The number of rotatable bonds is 2. The van der Waals surface area contributed by atoms with E-state index in [4.69, 9.17) is 0 Å². The van der Waals surface area contributed by atoms with Crippen molar-refractivity contribution >= 4 is 22.6 Å². The first-order valence-corrected chi connectivity index (χ1v) is 4.44. The summed E-state index contributed by atoms with van der Waals surface area (Å²) in [4.78, 5) is 0. The van der Waals surface area contributed by atoms with Gasteiger partial charge >= 0.3 is 0 Å². The average molecular weight is 226 g/mol. The van der Waals surface area contributed by atoms with E-state index in [0.717, 1.165) is 15.8 Å². The maximum atomic E-state index is 2.48. The number of hydrogen-bond acceptors (Lipinski definition) is 0. The third-order valence-electron chi connectivity index (χ3n) is 1.78. The summed E-state index contributed by atoms with van der Waals surface area (Å²) in [7, 11) is 0. The van der Waals surface area contributed by atoms with E-state index >= 15 is 0 Å². The predicted molar refractivity (Wildman–Crippen MR) is 47.5 cm³/mol. The second-order valence-electron chi connectivity index (χ2n) is 2.78. The Bertz CT molecular complexity index is 49.4. The predicted octanol–water partition coefficient (Wildman–Crippen LogP) is 3.10. The summed E-state index contributed by atoms with van der Waals surface area (Å²) in [5.41, 5.74) is 0. The quantitative estimate of drug-likeness (QED) is 0.501. The highest BCUT2D eigenvalue weighted by molar-refractivity contribution is 14.1. The molecule has 0 aromatic rings. The maximum absolute atomic E-state index is 2.48. The van der Waals surface area contributed by atoms with Crippen molar-refractivity contribution in [3.63, 3.8) is 0 Å². The first kappa shape index (κ1) is 8.73. The molecule has 0 rings (SSSR count). The minimum Gasteiger partial charge on any atom is -0.0826 e. The Kier molecular flexibility index (Phi) is 4.04. The van der Waals surface area contributed by atoms with E-state index in [1.807, 2.05) is 0 Å². The Morgan fingerprint density at radius 3 is 1.38 bits per heavy atom. The molecule has 0 aliphatic carbocycles. The van der Waals surface area contributed by atoms with Gasteiger partial charge in [-0.05, 0) is 11.8 Å². The lowest BCUT2D eigenvalue weighted by atomic mass is 9.96. The van der Waals surface area contributed by atoms with Gasteiger partial charge in [0.25, 0.3) is 0 Å². The SMILES string of the molecule is CC(C)[C@H](C)[C@H](C)I. The van der Waals surface area contributed by atoms with Gasteiger partial charge in [-0.3, -0.25) is 0 Å². The first-order valence-electron chi connectivity index (χ1n) is 3.19. The van der Waals surface area contributed by atoms with Crippen LogP contribution in [0.5, 0.6) is 0 Å². The van der Waals surface area contributed by atoms with Crippen molar-refractivity contribution in [2.24, 2.45) is 11.8 Å². The molecule has 2 atom stereocenters. The molecular weight excluding hydrogens is 211 g/mol. The molecule has 0 nitrogen and oxygen atoms in total. The molecule has 50 valence electrons. The molecule has 0 bridgehead atoms. The van der Waals surface area contributed by atoms with Crippen LogP contribution in [0.15, 0.2) is 0 Å². The zero-order chi connectivity index (χ0) is 6.73. The highest BCUT2D eigenvalue weighted by atomic mass is 127. The highest BCUT2D eigenvalue weighted by Crippen LogP contribution is 2.19. The van der Waals surface area contributed by atoms with Crippen molar-refractivity contribution in [3.05, 3.63) is 0 Å². The van der Waals surface area contributed by atoms with Crippen LogP contribution in [-0.2, 0) is 0 Å². The number of alkyl halides is 1. The molecule has 0 fully saturated rings. The molecule has 1 heteroatoms. The van der Waals surface area contributed by atoms with Crippen LogP contribution < -0.4 is 0 Å². The second-order valence-corrected chi connectivity index (χ2v) is 4.75. The summed E-state index contributed by atoms with van der Waals surface area (Å²) in [5, 5.41) is 0. The fourth-order valence-electron chi connectivity index (χ4n) is 0.530. The Morgan fingerprint density at radius 2 is 1.38 bits per heavy atom. The van der Waals surface area contributed by atoms with Gasteiger partial charge < -0.3 is 0 Å². The molecule has 0 saturated carbocycles. The lowest BCUT2D eigenvalue weighted by Gasteiger charge is -2.17. The molecular formula is C7H15I. The molecule has 0 saturated heterocycles. The van der Waals surface area contributed by atoms with Gasteiger partial charge in [-0.25, -0.2) is 0 Å². The van der Waals surface area contributed by atoms with E-state index in [9.17, 15) is 0 Å². The lowest BCUT2D eigenvalue weighted by molar-refractivity contribution is 0.426. The van der Waals surface area contributed by atoms with Crippen molar-refractivity contribution in [1.82, 2.24) is 0 Å². The topological polar surface area (TPSA) is 0 Å². The molecule has 0 amide bonds. The summed E-state index contributed by atoms with van der Waals surface area (Å²) in [6.45, 7) is 9.13. The molecule has 0 aromatic carbocycles. The van der Waals surface area contributed by atoms with E-state index < -0.39 is 0 Å². The fourth-order valence-corrected chi connectivity index (χ4v) is 1.36. The molecule has 0 radical (unpaired) electrons. The average Bonchev–Trinajstić information content (AvgIpc) is 1.64. The summed E-state index contributed by atoms with van der Waals surface area (Å²) in [6.07, 6.45) is 0. The third kappa shape index (κ3) is 2.90. The van der Waals surface area contributed by atoms with Gasteiger partial charge in [0.2, 0.25) is 0 Å². The van der Waals surface area contributed by atoms with E-state index in [2.05, 4.69) is 50.3 Å². The third-order valence-corrected chi connectivity index (χ3v) is 2.91. The highest BCUT2D eigenvalue weighted by Gasteiger charge is 2.11. The van der Waals surface area contributed by atoms with Crippen LogP contribution in [0.2, 0.25) is 0 Å². The van der Waals surface area contributed by atoms with Crippen LogP contribution in [0, 0.1) is 11.8 Å². The fraction of sp³-hybridized carbons (Fsp3) is 1.00. The normalized spacial score (nSPS) is 18.8. The zero-order valence-corrected chi connectivity index (χ0v) is 8.27. The second kappa shape index (κ2) is 3.70. The van der Waals surface area contributed by atoms with Crippen LogP contribution in [0.1, 0.15) is 27.7 Å². The van der Waals surface area contributed by atoms with Gasteiger partial charge in [0.1, 0.15) is 0 Å². The van der Waals surface area contributed by atoms with Crippen molar-refractivity contribution < 1.29 is 0 Å². The Balaban J connectivity index is 3.46. The molecule has 0 aliphatic heterocycles. The van der Waals surface area contributed by atoms with Gasteiger partial charge in [-0.15, -0.1) is 0 Å². The molecule has 0 spiro atoms. The van der Waals surface area contributed by atoms with E-state index in [-0.39, 0.29) is 0 Å².